The van der Waals surface area contributed by atoms with Crippen molar-refractivity contribution in [2.45, 2.75) is 18.2 Å². The highest BCUT2D eigenvalue weighted by Gasteiger charge is 2.17. The zero-order chi connectivity index (χ0) is 19.3. The molecular weight excluding hydrogens is 356 g/mol. The lowest BCUT2D eigenvalue weighted by molar-refractivity contribution is 0.0951. The van der Waals surface area contributed by atoms with E-state index in [4.69, 9.17) is 14.6 Å². The van der Waals surface area contributed by atoms with Gasteiger partial charge in [-0.05, 0) is 43.2 Å². The highest BCUT2D eigenvalue weighted by Crippen LogP contribution is 2.22. The molecule has 0 saturated heterocycles. The smallest absolute Gasteiger partial charge is 0.255 e. The second kappa shape index (κ2) is 8.20. The van der Waals surface area contributed by atoms with E-state index in [-0.39, 0.29) is 16.2 Å². The van der Waals surface area contributed by atoms with E-state index in [2.05, 4.69) is 5.32 Å². The molecule has 0 bridgehead atoms. The summed E-state index contributed by atoms with van der Waals surface area (Å²) in [6.45, 7) is 2.33. The Morgan fingerprint density at radius 3 is 2.35 bits per heavy atom. The number of nitrogens with one attached hydrogen (secondary N) is 1. The fourth-order valence-corrected chi connectivity index (χ4v) is 3.09. The summed E-state index contributed by atoms with van der Waals surface area (Å²) < 4.78 is 33.5. The van der Waals surface area contributed by atoms with Gasteiger partial charge in [0.25, 0.3) is 5.91 Å². The summed E-state index contributed by atoms with van der Waals surface area (Å²) in [6, 6.07) is 9.72. The summed E-state index contributed by atoms with van der Waals surface area (Å²) in [7, 11) is -0.916. The molecule has 0 aliphatic rings. The van der Waals surface area contributed by atoms with Crippen LogP contribution in [0, 0.1) is 6.92 Å². The molecule has 1 amide bonds. The number of primary sulfonamides is 1. The Hall–Kier alpha value is -2.58. The number of benzene rings is 2. The highest BCUT2D eigenvalue weighted by molar-refractivity contribution is 7.89. The van der Waals surface area contributed by atoms with E-state index in [1.807, 2.05) is 25.1 Å². The summed E-state index contributed by atoms with van der Waals surface area (Å²) in [5.74, 6) is 0.570. The first-order chi connectivity index (χ1) is 12.3. The second-order valence-electron chi connectivity index (χ2n) is 5.73. The minimum atomic E-state index is -3.91. The third-order valence-corrected chi connectivity index (χ3v) is 4.77. The maximum Gasteiger partial charge on any atom is 0.255 e. The van der Waals surface area contributed by atoms with E-state index in [9.17, 15) is 13.2 Å². The average molecular weight is 378 g/mol. The molecule has 0 aliphatic carbocycles. The van der Waals surface area contributed by atoms with Crippen LogP contribution in [0.15, 0.2) is 41.3 Å². The second-order valence-corrected chi connectivity index (χ2v) is 7.29. The average Bonchev–Trinajstić information content (AvgIpc) is 2.60. The summed E-state index contributed by atoms with van der Waals surface area (Å²) in [4.78, 5) is 12.3. The number of amides is 1. The van der Waals surface area contributed by atoms with Crippen molar-refractivity contribution in [2.24, 2.45) is 5.14 Å². The number of sulfonamides is 1. The van der Waals surface area contributed by atoms with Crippen LogP contribution in [0.4, 0.5) is 0 Å². The zero-order valence-electron chi connectivity index (χ0n) is 14.9. The van der Waals surface area contributed by atoms with E-state index in [1.54, 1.807) is 7.11 Å². The lowest BCUT2D eigenvalue weighted by Crippen LogP contribution is -2.26. The van der Waals surface area contributed by atoms with Crippen molar-refractivity contribution in [1.29, 1.82) is 0 Å². The number of methoxy groups -OCH3 is 2. The molecule has 0 fully saturated rings. The van der Waals surface area contributed by atoms with Gasteiger partial charge in [0.15, 0.2) is 0 Å². The number of hydrogen-bond acceptors (Lipinski definition) is 5. The molecule has 2 rings (SSSR count). The fraction of sp³-hybridized carbons (Fsp3) is 0.278. The molecule has 0 unspecified atom stereocenters. The van der Waals surface area contributed by atoms with Crippen LogP contribution in [-0.4, -0.2) is 35.1 Å². The van der Waals surface area contributed by atoms with Crippen LogP contribution in [0.1, 0.15) is 21.5 Å². The molecule has 0 saturated carbocycles. The first-order valence-corrected chi connectivity index (χ1v) is 9.43. The lowest BCUT2D eigenvalue weighted by atomic mass is 10.1. The molecule has 0 atom stereocenters. The Bertz CT molecular complexity index is 910. The molecule has 140 valence electrons. The number of nitrogens with two attached hydrogens (primary N) is 1. The van der Waals surface area contributed by atoms with Crippen LogP contribution in [0.5, 0.6) is 11.5 Å². The SMILES string of the molecule is COc1ccc(C)cc1CCNC(=O)c1cc(S(N)(=O)=O)ccc1OC. The summed E-state index contributed by atoms with van der Waals surface area (Å²) in [5, 5.41) is 7.89. The van der Waals surface area contributed by atoms with Crippen LogP contribution < -0.4 is 19.9 Å². The zero-order valence-corrected chi connectivity index (χ0v) is 15.7. The van der Waals surface area contributed by atoms with Crippen LogP contribution in [0.3, 0.4) is 0 Å². The van der Waals surface area contributed by atoms with Gasteiger partial charge in [0.1, 0.15) is 11.5 Å². The van der Waals surface area contributed by atoms with Gasteiger partial charge < -0.3 is 14.8 Å². The Labute approximate surface area is 153 Å². The van der Waals surface area contributed by atoms with Gasteiger partial charge in [-0.25, -0.2) is 13.6 Å². The molecule has 0 aromatic heterocycles. The van der Waals surface area contributed by atoms with Crippen molar-refractivity contribution < 1.29 is 22.7 Å². The predicted molar refractivity (Wildman–Crippen MR) is 98.1 cm³/mol. The Morgan fingerprint density at radius 1 is 1.08 bits per heavy atom. The molecule has 8 heteroatoms. The largest absolute Gasteiger partial charge is 0.496 e. The monoisotopic (exact) mass is 378 g/mol. The fourth-order valence-electron chi connectivity index (χ4n) is 2.55. The van der Waals surface area contributed by atoms with Gasteiger partial charge in [0.05, 0.1) is 24.7 Å². The maximum absolute atomic E-state index is 12.5. The lowest BCUT2D eigenvalue weighted by Gasteiger charge is -2.12. The van der Waals surface area contributed by atoms with E-state index in [0.29, 0.717) is 13.0 Å². The van der Waals surface area contributed by atoms with E-state index < -0.39 is 15.9 Å². The molecule has 2 aromatic carbocycles. The van der Waals surface area contributed by atoms with E-state index in [1.165, 1.54) is 25.3 Å². The number of carbonyl (C=O) groups excluding carboxylic acids is 1. The van der Waals surface area contributed by atoms with Crippen molar-refractivity contribution in [3.63, 3.8) is 0 Å². The van der Waals surface area contributed by atoms with Gasteiger partial charge in [0.2, 0.25) is 10.0 Å². The van der Waals surface area contributed by atoms with E-state index in [0.717, 1.165) is 16.9 Å². The summed E-state index contributed by atoms with van der Waals surface area (Å²) >= 11 is 0. The standard InChI is InChI=1S/C18H22N2O5S/c1-12-4-6-16(24-2)13(10-12)8-9-20-18(21)15-11-14(26(19,22)23)5-7-17(15)25-3/h4-7,10-11H,8-9H2,1-3H3,(H,20,21)(H2,19,22,23). The molecule has 0 spiro atoms. The van der Waals surface area contributed by atoms with Crippen LogP contribution >= 0.6 is 0 Å². The van der Waals surface area contributed by atoms with Crippen molar-refractivity contribution in [3.8, 4) is 11.5 Å². The Balaban J connectivity index is 2.14. The molecule has 7 nitrogen and oxygen atoms in total. The van der Waals surface area contributed by atoms with Crippen LogP contribution in [-0.2, 0) is 16.4 Å². The van der Waals surface area contributed by atoms with Gasteiger partial charge in [-0.2, -0.15) is 0 Å². The minimum Gasteiger partial charge on any atom is -0.496 e. The van der Waals surface area contributed by atoms with Crippen molar-refractivity contribution in [2.75, 3.05) is 20.8 Å². The number of rotatable bonds is 7. The number of ether oxygens (including phenoxy) is 2. The first-order valence-electron chi connectivity index (χ1n) is 7.89. The number of aryl methyl sites for hydroxylation is 1. The van der Waals surface area contributed by atoms with Crippen LogP contribution in [0.2, 0.25) is 0 Å². The van der Waals surface area contributed by atoms with Crippen molar-refractivity contribution >= 4 is 15.9 Å². The third-order valence-electron chi connectivity index (χ3n) is 3.86. The normalized spacial score (nSPS) is 11.1. The highest BCUT2D eigenvalue weighted by atomic mass is 32.2. The minimum absolute atomic E-state index is 0.107. The molecule has 0 aliphatic heterocycles. The van der Waals surface area contributed by atoms with Crippen LogP contribution in [0.25, 0.3) is 0 Å². The van der Waals surface area contributed by atoms with Gasteiger partial charge in [0, 0.05) is 6.54 Å². The van der Waals surface area contributed by atoms with E-state index >= 15 is 0 Å². The molecule has 26 heavy (non-hydrogen) atoms. The Kier molecular flexibility index (Phi) is 6.23. The molecule has 3 N–H and O–H groups in total. The third kappa shape index (κ3) is 4.74. The molecule has 0 radical (unpaired) electrons. The van der Waals surface area contributed by atoms with Gasteiger partial charge in [-0.3, -0.25) is 4.79 Å². The summed E-state index contributed by atoms with van der Waals surface area (Å²) in [5.41, 5.74) is 2.17. The predicted octanol–water partition coefficient (Wildman–Crippen LogP) is 1.63. The quantitative estimate of drug-likeness (QED) is 0.761. The Morgan fingerprint density at radius 2 is 1.73 bits per heavy atom. The van der Waals surface area contributed by atoms with Gasteiger partial charge in [-0.1, -0.05) is 17.7 Å². The first kappa shape index (κ1) is 19.7. The summed E-state index contributed by atoms with van der Waals surface area (Å²) in [6.07, 6.45) is 0.563. The van der Waals surface area contributed by atoms with Crippen molar-refractivity contribution in [3.05, 3.63) is 53.1 Å². The molecule has 0 heterocycles. The van der Waals surface area contributed by atoms with Gasteiger partial charge in [-0.15, -0.1) is 0 Å². The topological polar surface area (TPSA) is 108 Å². The maximum atomic E-state index is 12.5. The number of carbonyl (C=O) groups is 1. The number of hydrogen-bond donors (Lipinski definition) is 2. The van der Waals surface area contributed by atoms with Crippen molar-refractivity contribution in [1.82, 2.24) is 5.32 Å². The molecular formula is C18H22N2O5S. The molecule has 2 aromatic rings. The van der Waals surface area contributed by atoms with Gasteiger partial charge >= 0.3 is 0 Å².